The molecule has 0 aromatic rings. The van der Waals surface area contributed by atoms with E-state index in [1.54, 1.807) is 0 Å². The summed E-state index contributed by atoms with van der Waals surface area (Å²) in [5.74, 6) is 0. The summed E-state index contributed by atoms with van der Waals surface area (Å²) < 4.78 is 0. The zero-order chi connectivity index (χ0) is 12.0. The van der Waals surface area contributed by atoms with Gasteiger partial charge in [-0.1, -0.05) is 32.6 Å². The minimum Gasteiger partial charge on any atom is -0.326 e. The maximum Gasteiger partial charge on any atom is 0.0304 e. The third-order valence-corrected chi connectivity index (χ3v) is 4.20. The van der Waals surface area contributed by atoms with Crippen molar-refractivity contribution in [3.8, 4) is 0 Å². The van der Waals surface area contributed by atoms with E-state index in [1.807, 2.05) is 0 Å². The molecule has 1 saturated heterocycles. The van der Waals surface area contributed by atoms with Gasteiger partial charge in [-0.3, -0.25) is 4.90 Å². The number of nitrogens with two attached hydrogens (primary N) is 1. The average Bonchev–Trinajstić information content (AvgIpc) is 2.77. The van der Waals surface area contributed by atoms with Gasteiger partial charge in [0, 0.05) is 11.6 Å². The Hall–Kier alpha value is -0.0800. The molecule has 2 N–H and O–H groups in total. The van der Waals surface area contributed by atoms with Gasteiger partial charge >= 0.3 is 0 Å². The number of hydrogen-bond donors (Lipinski definition) is 1. The Labute approximate surface area is 102 Å². The lowest BCUT2D eigenvalue weighted by molar-refractivity contribution is 0.118. The minimum absolute atomic E-state index is 0.197. The van der Waals surface area contributed by atoms with Crippen LogP contribution in [0, 0.1) is 0 Å². The molecule has 0 spiro atoms. The monoisotopic (exact) mass is 226 g/mol. The summed E-state index contributed by atoms with van der Waals surface area (Å²) in [6, 6.07) is 0.336. The van der Waals surface area contributed by atoms with E-state index in [0.29, 0.717) is 6.04 Å². The topological polar surface area (TPSA) is 29.3 Å². The van der Waals surface area contributed by atoms with Crippen LogP contribution in [0.2, 0.25) is 0 Å². The predicted octanol–water partition coefficient (Wildman–Crippen LogP) is 3.16. The number of hydrogen-bond acceptors (Lipinski definition) is 2. The number of rotatable bonds is 7. The SMILES string of the molecule is CCCCCCC(N)C(C)(C)N1CCCC1. The van der Waals surface area contributed by atoms with Crippen LogP contribution in [0.25, 0.3) is 0 Å². The molecule has 0 saturated carbocycles. The van der Waals surface area contributed by atoms with E-state index in [4.69, 9.17) is 5.73 Å². The molecule has 1 unspecified atom stereocenters. The van der Waals surface area contributed by atoms with Gasteiger partial charge in [0.05, 0.1) is 0 Å². The zero-order valence-corrected chi connectivity index (χ0v) is 11.5. The van der Waals surface area contributed by atoms with Gasteiger partial charge in [-0.2, -0.15) is 0 Å². The highest BCUT2D eigenvalue weighted by Crippen LogP contribution is 2.25. The molecule has 1 rings (SSSR count). The summed E-state index contributed by atoms with van der Waals surface area (Å²) in [7, 11) is 0. The Bertz CT molecular complexity index is 183. The van der Waals surface area contributed by atoms with E-state index >= 15 is 0 Å². The molecular formula is C14H30N2. The van der Waals surface area contributed by atoms with Gasteiger partial charge in [0.25, 0.3) is 0 Å². The highest BCUT2D eigenvalue weighted by atomic mass is 15.2. The highest BCUT2D eigenvalue weighted by Gasteiger charge is 2.33. The molecular weight excluding hydrogens is 196 g/mol. The van der Waals surface area contributed by atoms with E-state index in [0.717, 1.165) is 0 Å². The Morgan fingerprint density at radius 3 is 2.31 bits per heavy atom. The van der Waals surface area contributed by atoms with E-state index in [-0.39, 0.29) is 5.54 Å². The quantitative estimate of drug-likeness (QED) is 0.676. The molecule has 16 heavy (non-hydrogen) atoms. The van der Waals surface area contributed by atoms with Crippen LogP contribution in [0.4, 0.5) is 0 Å². The molecule has 2 heteroatoms. The Kier molecular flexibility index (Phi) is 5.77. The van der Waals surface area contributed by atoms with Crippen molar-refractivity contribution in [3.63, 3.8) is 0 Å². The van der Waals surface area contributed by atoms with Gasteiger partial charge in [-0.25, -0.2) is 0 Å². The van der Waals surface area contributed by atoms with Crippen molar-refractivity contribution in [2.75, 3.05) is 13.1 Å². The normalized spacial score (nSPS) is 20.2. The molecule has 1 heterocycles. The van der Waals surface area contributed by atoms with Crippen molar-refractivity contribution in [1.82, 2.24) is 4.90 Å². The van der Waals surface area contributed by atoms with E-state index < -0.39 is 0 Å². The van der Waals surface area contributed by atoms with Crippen molar-refractivity contribution in [2.45, 2.75) is 77.3 Å². The second-order valence-electron chi connectivity index (χ2n) is 5.80. The maximum absolute atomic E-state index is 6.37. The molecule has 1 fully saturated rings. The molecule has 0 amide bonds. The molecule has 1 atom stereocenters. The van der Waals surface area contributed by atoms with Crippen LogP contribution in [0.3, 0.4) is 0 Å². The molecule has 96 valence electrons. The fourth-order valence-corrected chi connectivity index (χ4v) is 2.67. The molecule has 0 bridgehead atoms. The summed E-state index contributed by atoms with van der Waals surface area (Å²) in [5.41, 5.74) is 6.57. The number of nitrogens with zero attached hydrogens (tertiary/aromatic N) is 1. The lowest BCUT2D eigenvalue weighted by Gasteiger charge is -2.40. The zero-order valence-electron chi connectivity index (χ0n) is 11.5. The Morgan fingerprint density at radius 1 is 1.12 bits per heavy atom. The number of likely N-dealkylation sites (tertiary alicyclic amines) is 1. The van der Waals surface area contributed by atoms with Crippen LogP contribution in [-0.4, -0.2) is 29.6 Å². The standard InChI is InChI=1S/C14H30N2/c1-4-5-6-7-10-13(15)14(2,3)16-11-8-9-12-16/h13H,4-12,15H2,1-3H3. The van der Waals surface area contributed by atoms with Crippen LogP contribution in [0.1, 0.15) is 65.7 Å². The molecule has 1 aliphatic heterocycles. The summed E-state index contributed by atoms with van der Waals surface area (Å²) >= 11 is 0. The van der Waals surface area contributed by atoms with Gasteiger partial charge in [0.1, 0.15) is 0 Å². The Morgan fingerprint density at radius 2 is 1.75 bits per heavy atom. The number of unbranched alkanes of at least 4 members (excludes halogenated alkanes) is 3. The molecule has 1 aliphatic rings. The first-order valence-electron chi connectivity index (χ1n) is 7.09. The third-order valence-electron chi connectivity index (χ3n) is 4.20. The fraction of sp³-hybridized carbons (Fsp3) is 1.00. The second-order valence-corrected chi connectivity index (χ2v) is 5.80. The highest BCUT2D eigenvalue weighted by molar-refractivity contribution is 4.93. The second kappa shape index (κ2) is 6.61. The van der Waals surface area contributed by atoms with Crippen LogP contribution in [0.15, 0.2) is 0 Å². The summed E-state index contributed by atoms with van der Waals surface area (Å²) in [5, 5.41) is 0. The van der Waals surface area contributed by atoms with Crippen molar-refractivity contribution in [1.29, 1.82) is 0 Å². The van der Waals surface area contributed by atoms with E-state index in [1.165, 1.54) is 58.0 Å². The minimum atomic E-state index is 0.197. The molecule has 0 aromatic carbocycles. The van der Waals surface area contributed by atoms with Crippen molar-refractivity contribution in [3.05, 3.63) is 0 Å². The van der Waals surface area contributed by atoms with Crippen molar-refractivity contribution in [2.24, 2.45) is 5.73 Å². The summed E-state index contributed by atoms with van der Waals surface area (Å²) in [4.78, 5) is 2.58. The average molecular weight is 226 g/mol. The van der Waals surface area contributed by atoms with Gasteiger partial charge in [-0.15, -0.1) is 0 Å². The Balaban J connectivity index is 2.29. The van der Waals surface area contributed by atoms with Gasteiger partial charge in [0.2, 0.25) is 0 Å². The first-order valence-corrected chi connectivity index (χ1v) is 7.09. The summed E-state index contributed by atoms with van der Waals surface area (Å²) in [6.45, 7) is 9.39. The summed E-state index contributed by atoms with van der Waals surface area (Å²) in [6.07, 6.45) is 9.20. The maximum atomic E-state index is 6.37. The molecule has 0 aliphatic carbocycles. The lowest BCUT2D eigenvalue weighted by atomic mass is 9.89. The lowest BCUT2D eigenvalue weighted by Crippen LogP contribution is -2.55. The molecule has 0 radical (unpaired) electrons. The van der Waals surface area contributed by atoms with E-state index in [2.05, 4.69) is 25.7 Å². The van der Waals surface area contributed by atoms with Crippen LogP contribution in [-0.2, 0) is 0 Å². The fourth-order valence-electron chi connectivity index (χ4n) is 2.67. The van der Waals surface area contributed by atoms with Gasteiger partial charge in [-0.05, 0) is 46.2 Å². The van der Waals surface area contributed by atoms with Crippen molar-refractivity contribution >= 4 is 0 Å². The van der Waals surface area contributed by atoms with Gasteiger partial charge < -0.3 is 5.73 Å². The molecule has 2 nitrogen and oxygen atoms in total. The first-order chi connectivity index (χ1) is 7.59. The van der Waals surface area contributed by atoms with Crippen LogP contribution < -0.4 is 5.73 Å². The van der Waals surface area contributed by atoms with Gasteiger partial charge in [0.15, 0.2) is 0 Å². The van der Waals surface area contributed by atoms with E-state index in [9.17, 15) is 0 Å². The molecule has 0 aromatic heterocycles. The largest absolute Gasteiger partial charge is 0.326 e. The smallest absolute Gasteiger partial charge is 0.0304 e. The van der Waals surface area contributed by atoms with Crippen LogP contribution >= 0.6 is 0 Å². The third kappa shape index (κ3) is 3.74. The first kappa shape index (κ1) is 14.0. The van der Waals surface area contributed by atoms with Crippen LogP contribution in [0.5, 0.6) is 0 Å². The predicted molar refractivity (Wildman–Crippen MR) is 71.6 cm³/mol. The van der Waals surface area contributed by atoms with Crippen molar-refractivity contribution < 1.29 is 0 Å².